The number of anilines is 1. The maximum Gasteiger partial charge on any atom is 0.255 e. The zero-order valence-electron chi connectivity index (χ0n) is 10.00. The highest BCUT2D eigenvalue weighted by Crippen LogP contribution is 2.12. The average Bonchev–Trinajstić information content (AvgIpc) is 2.47. The van der Waals surface area contributed by atoms with Crippen molar-refractivity contribution in [1.82, 2.24) is 4.98 Å². The Labute approximate surface area is 110 Å². The number of carbonyl (C=O) groups excluding carboxylic acids is 1. The third-order valence-corrected chi connectivity index (χ3v) is 2.49. The van der Waals surface area contributed by atoms with E-state index in [-0.39, 0.29) is 12.5 Å². The Bertz CT molecular complexity index is 647. The fraction of sp³-hybridized carbons (Fsp3) is 0.0714. The summed E-state index contributed by atoms with van der Waals surface area (Å²) in [4.78, 5) is 15.9. The number of aromatic nitrogens is 1. The van der Waals surface area contributed by atoms with Gasteiger partial charge in [0.2, 0.25) is 0 Å². The van der Waals surface area contributed by atoms with Gasteiger partial charge in [-0.15, -0.1) is 0 Å². The molecule has 0 radical (unpaired) electrons. The number of aliphatic hydroxyl groups excluding tert-OH is 1. The first-order valence-electron chi connectivity index (χ1n) is 5.60. The largest absolute Gasteiger partial charge is 0.390 e. The lowest BCUT2D eigenvalue weighted by Crippen LogP contribution is -2.12. The minimum atomic E-state index is -0.313. The second-order valence-electron chi connectivity index (χ2n) is 3.84. The number of hydrogen-bond donors (Lipinski definition) is 2. The summed E-state index contributed by atoms with van der Waals surface area (Å²) in [6.07, 6.45) is 1.46. The Balaban J connectivity index is 2.18. The van der Waals surface area contributed by atoms with Gasteiger partial charge in [0.25, 0.3) is 5.91 Å². The van der Waals surface area contributed by atoms with Crippen molar-refractivity contribution in [1.29, 1.82) is 5.26 Å². The topological polar surface area (TPSA) is 86.0 Å². The van der Waals surface area contributed by atoms with E-state index in [1.54, 1.807) is 30.3 Å². The van der Waals surface area contributed by atoms with Crippen molar-refractivity contribution in [3.63, 3.8) is 0 Å². The molecule has 5 nitrogen and oxygen atoms in total. The van der Waals surface area contributed by atoms with Crippen molar-refractivity contribution in [3.05, 3.63) is 59.4 Å². The van der Waals surface area contributed by atoms with Crippen LogP contribution in [0.5, 0.6) is 0 Å². The van der Waals surface area contributed by atoms with Gasteiger partial charge in [-0.2, -0.15) is 5.26 Å². The van der Waals surface area contributed by atoms with Crippen LogP contribution in [-0.2, 0) is 6.61 Å². The van der Waals surface area contributed by atoms with Gasteiger partial charge < -0.3 is 10.4 Å². The van der Waals surface area contributed by atoms with E-state index in [0.29, 0.717) is 22.5 Å². The van der Waals surface area contributed by atoms with Crippen molar-refractivity contribution in [2.45, 2.75) is 6.61 Å². The van der Waals surface area contributed by atoms with Crippen LogP contribution in [0.3, 0.4) is 0 Å². The molecule has 0 fully saturated rings. The summed E-state index contributed by atoms with van der Waals surface area (Å²) in [6.45, 7) is -0.217. The van der Waals surface area contributed by atoms with Crippen molar-refractivity contribution < 1.29 is 9.90 Å². The van der Waals surface area contributed by atoms with Crippen molar-refractivity contribution in [3.8, 4) is 6.07 Å². The predicted molar refractivity (Wildman–Crippen MR) is 69.3 cm³/mol. The molecule has 94 valence electrons. The zero-order chi connectivity index (χ0) is 13.7. The summed E-state index contributed by atoms with van der Waals surface area (Å²) in [5.41, 5.74) is 1.86. The molecule has 0 unspecified atom stereocenters. The van der Waals surface area contributed by atoms with E-state index in [9.17, 15) is 4.79 Å². The van der Waals surface area contributed by atoms with E-state index in [2.05, 4.69) is 10.3 Å². The Morgan fingerprint density at radius 3 is 2.95 bits per heavy atom. The zero-order valence-corrected chi connectivity index (χ0v) is 10.00. The lowest BCUT2D eigenvalue weighted by molar-refractivity contribution is 0.102. The molecule has 2 rings (SSSR count). The number of pyridine rings is 1. The number of aliphatic hydroxyl groups is 1. The molecule has 0 saturated carbocycles. The molecular weight excluding hydrogens is 242 g/mol. The van der Waals surface area contributed by atoms with Gasteiger partial charge in [-0.25, -0.2) is 0 Å². The molecule has 5 heteroatoms. The minimum absolute atomic E-state index is 0.217. The van der Waals surface area contributed by atoms with E-state index in [1.807, 2.05) is 6.07 Å². The number of carbonyl (C=O) groups is 1. The van der Waals surface area contributed by atoms with Gasteiger partial charge in [0.05, 0.1) is 23.9 Å². The highest BCUT2D eigenvalue weighted by molar-refractivity contribution is 6.04. The molecule has 0 bridgehead atoms. The molecule has 0 atom stereocenters. The van der Waals surface area contributed by atoms with Crippen LogP contribution in [0.2, 0.25) is 0 Å². The molecule has 0 aliphatic rings. The Morgan fingerprint density at radius 1 is 1.37 bits per heavy atom. The second-order valence-corrected chi connectivity index (χ2v) is 3.84. The lowest BCUT2D eigenvalue weighted by atomic mass is 10.2. The van der Waals surface area contributed by atoms with Crippen LogP contribution in [0.4, 0.5) is 5.69 Å². The first kappa shape index (κ1) is 12.7. The molecular formula is C14H11N3O2. The Kier molecular flexibility index (Phi) is 3.86. The molecule has 2 N–H and O–H groups in total. The molecule has 0 saturated heterocycles. The van der Waals surface area contributed by atoms with Crippen LogP contribution >= 0.6 is 0 Å². The summed E-state index contributed by atoms with van der Waals surface area (Å²) < 4.78 is 0. The summed E-state index contributed by atoms with van der Waals surface area (Å²) >= 11 is 0. The highest BCUT2D eigenvalue weighted by atomic mass is 16.3. The molecule has 1 heterocycles. The number of nitrogens with one attached hydrogen (secondary N) is 1. The van der Waals surface area contributed by atoms with Gasteiger partial charge in [0, 0.05) is 17.4 Å². The third-order valence-electron chi connectivity index (χ3n) is 2.49. The second kappa shape index (κ2) is 5.76. The highest BCUT2D eigenvalue weighted by Gasteiger charge is 2.07. The fourth-order valence-corrected chi connectivity index (χ4v) is 1.58. The molecule has 19 heavy (non-hydrogen) atoms. The van der Waals surface area contributed by atoms with Crippen LogP contribution in [-0.4, -0.2) is 16.0 Å². The average molecular weight is 253 g/mol. The van der Waals surface area contributed by atoms with Crippen molar-refractivity contribution in [2.75, 3.05) is 5.32 Å². The number of nitriles is 1. The van der Waals surface area contributed by atoms with Crippen LogP contribution in [0.15, 0.2) is 42.6 Å². The quantitative estimate of drug-likeness (QED) is 0.871. The molecule has 0 aliphatic carbocycles. The van der Waals surface area contributed by atoms with Gasteiger partial charge in [-0.3, -0.25) is 9.78 Å². The van der Waals surface area contributed by atoms with Crippen LogP contribution < -0.4 is 5.32 Å². The summed E-state index contributed by atoms with van der Waals surface area (Å²) in [5.74, 6) is -0.313. The lowest BCUT2D eigenvalue weighted by Gasteiger charge is -2.06. The van der Waals surface area contributed by atoms with Crippen LogP contribution in [0, 0.1) is 11.3 Å². The molecule has 1 aromatic heterocycles. The molecule has 0 spiro atoms. The first-order valence-corrected chi connectivity index (χ1v) is 5.60. The third kappa shape index (κ3) is 3.15. The van der Waals surface area contributed by atoms with Gasteiger partial charge in [0.15, 0.2) is 0 Å². The summed E-state index contributed by atoms with van der Waals surface area (Å²) in [5, 5.41) is 20.4. The SMILES string of the molecule is N#Cc1cccc(NC(=O)c2ccnc(CO)c2)c1. The first-order chi connectivity index (χ1) is 9.22. The van der Waals surface area contributed by atoms with Gasteiger partial charge in [0.1, 0.15) is 0 Å². The predicted octanol–water partition coefficient (Wildman–Crippen LogP) is 1.70. The number of rotatable bonds is 3. The fourth-order valence-electron chi connectivity index (χ4n) is 1.58. The number of nitrogens with zero attached hydrogens (tertiary/aromatic N) is 2. The van der Waals surface area contributed by atoms with Crippen molar-refractivity contribution in [2.24, 2.45) is 0 Å². The van der Waals surface area contributed by atoms with E-state index < -0.39 is 0 Å². The molecule has 1 aromatic carbocycles. The van der Waals surface area contributed by atoms with E-state index >= 15 is 0 Å². The number of hydrogen-bond acceptors (Lipinski definition) is 4. The van der Waals surface area contributed by atoms with Crippen LogP contribution in [0.25, 0.3) is 0 Å². The van der Waals surface area contributed by atoms with E-state index in [4.69, 9.17) is 10.4 Å². The van der Waals surface area contributed by atoms with Crippen LogP contribution in [0.1, 0.15) is 21.6 Å². The maximum atomic E-state index is 12.0. The van der Waals surface area contributed by atoms with Gasteiger partial charge in [-0.05, 0) is 30.3 Å². The number of amides is 1. The van der Waals surface area contributed by atoms with E-state index in [1.165, 1.54) is 12.3 Å². The summed E-state index contributed by atoms with van der Waals surface area (Å²) in [6, 6.07) is 11.7. The maximum absolute atomic E-state index is 12.0. The Hall–Kier alpha value is -2.71. The smallest absolute Gasteiger partial charge is 0.255 e. The number of benzene rings is 1. The standard InChI is InChI=1S/C14H11N3O2/c15-8-10-2-1-3-12(6-10)17-14(19)11-4-5-16-13(7-11)9-18/h1-7,18H,9H2,(H,17,19). The van der Waals surface area contributed by atoms with Crippen molar-refractivity contribution >= 4 is 11.6 Å². The monoisotopic (exact) mass is 253 g/mol. The molecule has 0 aliphatic heterocycles. The minimum Gasteiger partial charge on any atom is -0.390 e. The normalized spacial score (nSPS) is 9.68. The molecule has 1 amide bonds. The Morgan fingerprint density at radius 2 is 2.21 bits per heavy atom. The summed E-state index contributed by atoms with van der Waals surface area (Å²) in [7, 11) is 0. The van der Waals surface area contributed by atoms with Gasteiger partial charge >= 0.3 is 0 Å². The van der Waals surface area contributed by atoms with E-state index in [0.717, 1.165) is 0 Å². The molecule has 2 aromatic rings. The van der Waals surface area contributed by atoms with Gasteiger partial charge in [-0.1, -0.05) is 6.07 Å².